The number of hydrogen-bond acceptors (Lipinski definition) is 2. The normalized spacial score (nSPS) is 11.3. The lowest BCUT2D eigenvalue weighted by atomic mass is 9.83. The average molecular weight is 271 g/mol. The first kappa shape index (κ1) is 14.8. The van der Waals surface area contributed by atoms with Crippen molar-refractivity contribution in [2.24, 2.45) is 5.41 Å². The summed E-state index contributed by atoms with van der Waals surface area (Å²) in [4.78, 5) is 10.8. The van der Waals surface area contributed by atoms with E-state index in [0.29, 0.717) is 5.02 Å². The van der Waals surface area contributed by atoms with Gasteiger partial charge >= 0.3 is 5.97 Å². The molecule has 1 aromatic carbocycles. The molecule has 0 fully saturated rings. The minimum Gasteiger partial charge on any atom is -0.496 e. The van der Waals surface area contributed by atoms with Gasteiger partial charge < -0.3 is 9.84 Å². The lowest BCUT2D eigenvalue weighted by Gasteiger charge is -2.22. The first-order valence-electron chi connectivity index (χ1n) is 5.88. The summed E-state index contributed by atoms with van der Waals surface area (Å²) in [5.74, 6) is 0.0311. The van der Waals surface area contributed by atoms with Crippen LogP contribution < -0.4 is 4.74 Å². The van der Waals surface area contributed by atoms with E-state index in [1.165, 1.54) is 0 Å². The third-order valence-corrected chi connectivity index (χ3v) is 3.18. The Balaban J connectivity index is 2.73. The number of hydrogen-bond donors (Lipinski definition) is 1. The van der Waals surface area contributed by atoms with Crippen molar-refractivity contribution in [2.45, 2.75) is 33.1 Å². The molecule has 0 saturated carbocycles. The van der Waals surface area contributed by atoms with E-state index >= 15 is 0 Å². The first-order valence-corrected chi connectivity index (χ1v) is 6.26. The maximum absolute atomic E-state index is 10.8. The monoisotopic (exact) mass is 270 g/mol. The molecule has 0 bridgehead atoms. The number of ether oxygens (including phenoxy) is 1. The van der Waals surface area contributed by atoms with Crippen LogP contribution in [0.2, 0.25) is 5.02 Å². The Morgan fingerprint density at radius 2 is 2.11 bits per heavy atom. The number of aryl methyl sites for hydroxylation is 1. The molecular formula is C14H19ClO3. The zero-order valence-electron chi connectivity index (χ0n) is 11.0. The molecule has 1 aromatic rings. The lowest BCUT2D eigenvalue weighted by molar-refractivity contribution is -0.139. The minimum atomic E-state index is -0.766. The zero-order valence-corrected chi connectivity index (χ0v) is 11.8. The molecule has 0 radical (unpaired) electrons. The highest BCUT2D eigenvalue weighted by Gasteiger charge is 2.22. The summed E-state index contributed by atoms with van der Waals surface area (Å²) in [6.45, 7) is 3.91. The average Bonchev–Trinajstić information content (AvgIpc) is 2.25. The number of aliphatic carboxylic acids is 1. The molecule has 18 heavy (non-hydrogen) atoms. The standard InChI is InChI=1S/C14H19ClO3/c1-14(2,9-13(16)17)7-6-10-8-11(15)4-5-12(10)18-3/h4-5,8H,6-7,9H2,1-3H3,(H,16,17). The Morgan fingerprint density at radius 3 is 2.67 bits per heavy atom. The summed E-state index contributed by atoms with van der Waals surface area (Å²) < 4.78 is 5.27. The van der Waals surface area contributed by atoms with Gasteiger partial charge in [0.15, 0.2) is 0 Å². The molecule has 0 atom stereocenters. The summed E-state index contributed by atoms with van der Waals surface area (Å²) in [5.41, 5.74) is 0.780. The van der Waals surface area contributed by atoms with Crippen LogP contribution in [0, 0.1) is 5.41 Å². The minimum absolute atomic E-state index is 0.163. The van der Waals surface area contributed by atoms with Crippen molar-refractivity contribution in [1.82, 2.24) is 0 Å². The zero-order chi connectivity index (χ0) is 13.8. The first-order chi connectivity index (χ1) is 8.34. The fourth-order valence-electron chi connectivity index (χ4n) is 1.91. The van der Waals surface area contributed by atoms with Crippen LogP contribution in [0.5, 0.6) is 5.75 Å². The highest BCUT2D eigenvalue weighted by atomic mass is 35.5. The van der Waals surface area contributed by atoms with Crippen LogP contribution in [0.1, 0.15) is 32.3 Å². The maximum atomic E-state index is 10.8. The molecule has 0 amide bonds. The molecule has 1 N–H and O–H groups in total. The number of benzene rings is 1. The van der Waals surface area contributed by atoms with Crippen LogP contribution in [0.3, 0.4) is 0 Å². The summed E-state index contributed by atoms with van der Waals surface area (Å²) in [7, 11) is 1.62. The smallest absolute Gasteiger partial charge is 0.303 e. The van der Waals surface area contributed by atoms with E-state index in [4.69, 9.17) is 21.4 Å². The fourth-order valence-corrected chi connectivity index (χ4v) is 2.11. The van der Waals surface area contributed by atoms with E-state index in [2.05, 4.69) is 0 Å². The Kier molecular flexibility index (Phi) is 5.03. The predicted molar refractivity (Wildman–Crippen MR) is 72.4 cm³/mol. The van der Waals surface area contributed by atoms with Crippen molar-refractivity contribution in [3.63, 3.8) is 0 Å². The molecule has 0 saturated heterocycles. The molecule has 100 valence electrons. The van der Waals surface area contributed by atoms with Crippen molar-refractivity contribution in [1.29, 1.82) is 0 Å². The summed E-state index contributed by atoms with van der Waals surface area (Å²) in [6, 6.07) is 5.49. The summed E-state index contributed by atoms with van der Waals surface area (Å²) in [6.07, 6.45) is 1.69. The number of carbonyl (C=O) groups is 1. The third-order valence-electron chi connectivity index (χ3n) is 2.94. The molecule has 0 unspecified atom stereocenters. The van der Waals surface area contributed by atoms with Crippen LogP contribution in [-0.2, 0) is 11.2 Å². The highest BCUT2D eigenvalue weighted by Crippen LogP contribution is 2.30. The van der Waals surface area contributed by atoms with Crippen molar-refractivity contribution in [2.75, 3.05) is 7.11 Å². The Labute approximate surface area is 113 Å². The molecule has 1 rings (SSSR count). The maximum Gasteiger partial charge on any atom is 0.303 e. The second-order valence-electron chi connectivity index (χ2n) is 5.19. The Bertz CT molecular complexity index is 427. The van der Waals surface area contributed by atoms with Gasteiger partial charge in [0.1, 0.15) is 5.75 Å². The van der Waals surface area contributed by atoms with Crippen molar-refractivity contribution in [3.05, 3.63) is 28.8 Å². The Morgan fingerprint density at radius 1 is 1.44 bits per heavy atom. The van der Waals surface area contributed by atoms with E-state index < -0.39 is 5.97 Å². The predicted octanol–water partition coefficient (Wildman–Crippen LogP) is 3.78. The summed E-state index contributed by atoms with van der Waals surface area (Å²) >= 11 is 5.96. The van der Waals surface area contributed by atoms with Gasteiger partial charge in [0.2, 0.25) is 0 Å². The molecule has 0 aromatic heterocycles. The van der Waals surface area contributed by atoms with Crippen LogP contribution in [-0.4, -0.2) is 18.2 Å². The van der Waals surface area contributed by atoms with Gasteiger partial charge in [0.05, 0.1) is 13.5 Å². The van der Waals surface area contributed by atoms with Crippen molar-refractivity contribution >= 4 is 17.6 Å². The topological polar surface area (TPSA) is 46.5 Å². The van der Waals surface area contributed by atoms with Gasteiger partial charge in [-0.25, -0.2) is 0 Å². The highest BCUT2D eigenvalue weighted by molar-refractivity contribution is 6.30. The molecule has 0 spiro atoms. The number of methoxy groups -OCH3 is 1. The fraction of sp³-hybridized carbons (Fsp3) is 0.500. The van der Waals surface area contributed by atoms with E-state index in [1.54, 1.807) is 13.2 Å². The van der Waals surface area contributed by atoms with Gasteiger partial charge in [-0.1, -0.05) is 25.4 Å². The van der Waals surface area contributed by atoms with Crippen LogP contribution in [0.25, 0.3) is 0 Å². The van der Waals surface area contributed by atoms with Crippen LogP contribution in [0.15, 0.2) is 18.2 Å². The van der Waals surface area contributed by atoms with Gasteiger partial charge in [-0.15, -0.1) is 0 Å². The quantitative estimate of drug-likeness (QED) is 0.856. The number of halogens is 1. The SMILES string of the molecule is COc1ccc(Cl)cc1CCC(C)(C)CC(=O)O. The molecule has 4 heteroatoms. The number of rotatable bonds is 6. The van der Waals surface area contributed by atoms with Gasteiger partial charge in [0.25, 0.3) is 0 Å². The molecular weight excluding hydrogens is 252 g/mol. The number of carboxylic acids is 1. The Hall–Kier alpha value is -1.22. The molecule has 0 aliphatic rings. The van der Waals surface area contributed by atoms with Crippen molar-refractivity contribution in [3.8, 4) is 5.75 Å². The van der Waals surface area contributed by atoms with Crippen LogP contribution >= 0.6 is 11.6 Å². The van der Waals surface area contributed by atoms with E-state index in [-0.39, 0.29) is 11.8 Å². The molecule has 0 aliphatic carbocycles. The largest absolute Gasteiger partial charge is 0.496 e. The summed E-state index contributed by atoms with van der Waals surface area (Å²) in [5, 5.41) is 9.51. The second-order valence-corrected chi connectivity index (χ2v) is 5.63. The number of carboxylic acid groups (broad SMARTS) is 1. The second kappa shape index (κ2) is 6.10. The van der Waals surface area contributed by atoms with Gasteiger partial charge in [0, 0.05) is 5.02 Å². The van der Waals surface area contributed by atoms with Gasteiger partial charge in [-0.05, 0) is 42.0 Å². The molecule has 0 heterocycles. The van der Waals surface area contributed by atoms with Gasteiger partial charge in [-0.2, -0.15) is 0 Å². The van der Waals surface area contributed by atoms with Crippen LogP contribution in [0.4, 0.5) is 0 Å². The van der Waals surface area contributed by atoms with Crippen molar-refractivity contribution < 1.29 is 14.6 Å². The van der Waals surface area contributed by atoms with E-state index in [1.807, 2.05) is 26.0 Å². The van der Waals surface area contributed by atoms with Gasteiger partial charge in [-0.3, -0.25) is 4.79 Å². The van der Waals surface area contributed by atoms with E-state index in [0.717, 1.165) is 24.2 Å². The van der Waals surface area contributed by atoms with E-state index in [9.17, 15) is 4.79 Å². The molecule has 0 aliphatic heterocycles. The third kappa shape index (κ3) is 4.57. The lowest BCUT2D eigenvalue weighted by Crippen LogP contribution is -2.17. The molecule has 3 nitrogen and oxygen atoms in total.